The van der Waals surface area contributed by atoms with E-state index in [4.69, 9.17) is 0 Å². The number of fused-ring (bicyclic) bond motifs is 1. The van der Waals surface area contributed by atoms with Gasteiger partial charge in [0.25, 0.3) is 0 Å². The van der Waals surface area contributed by atoms with Gasteiger partial charge in [-0.1, -0.05) is 6.07 Å². The Balaban J connectivity index is 1.53. The number of hydrogen-bond acceptors (Lipinski definition) is 5. The van der Waals surface area contributed by atoms with Crippen LogP contribution in [0.15, 0.2) is 58.9 Å². The minimum absolute atomic E-state index is 0.0312. The fraction of sp³-hybridized carbons (Fsp3) is 0.0952. The number of imidazole rings is 1. The fourth-order valence-electron chi connectivity index (χ4n) is 2.86. The van der Waals surface area contributed by atoms with Gasteiger partial charge in [0.2, 0.25) is 5.91 Å². The normalized spacial score (nSPS) is 11.0. The molecule has 0 aliphatic carbocycles. The van der Waals surface area contributed by atoms with Crippen LogP contribution in [0.4, 0.5) is 14.6 Å². The molecule has 9 heteroatoms. The van der Waals surface area contributed by atoms with Gasteiger partial charge < -0.3 is 5.32 Å². The van der Waals surface area contributed by atoms with Crippen molar-refractivity contribution in [1.82, 2.24) is 9.38 Å². The van der Waals surface area contributed by atoms with Gasteiger partial charge >= 0.3 is 0 Å². The summed E-state index contributed by atoms with van der Waals surface area (Å²) in [5, 5.41) is 4.67. The van der Waals surface area contributed by atoms with Crippen molar-refractivity contribution in [2.24, 2.45) is 0 Å². The van der Waals surface area contributed by atoms with Crippen LogP contribution in [-0.4, -0.2) is 26.8 Å². The number of ketones is 1. The number of amides is 1. The Hall–Kier alpha value is -3.04. The van der Waals surface area contributed by atoms with E-state index in [1.807, 2.05) is 5.38 Å². The van der Waals surface area contributed by atoms with Gasteiger partial charge in [-0.05, 0) is 43.3 Å². The number of thioether (sulfide) groups is 1. The molecule has 1 amide bonds. The molecular weight excluding hydrogens is 428 g/mol. The Morgan fingerprint density at radius 3 is 2.63 bits per heavy atom. The van der Waals surface area contributed by atoms with Gasteiger partial charge in [0.05, 0.1) is 5.75 Å². The number of halogens is 2. The van der Waals surface area contributed by atoms with Gasteiger partial charge in [0, 0.05) is 27.6 Å². The maximum Gasteiger partial charge on any atom is 0.235 e. The number of nitrogens with one attached hydrogen (secondary N) is 1. The lowest BCUT2D eigenvalue weighted by atomic mass is 10.1. The highest BCUT2D eigenvalue weighted by atomic mass is 32.2. The van der Waals surface area contributed by atoms with Crippen molar-refractivity contribution >= 4 is 45.6 Å². The number of nitrogens with zero attached hydrogens (tertiary/aromatic N) is 2. The lowest BCUT2D eigenvalue weighted by molar-refractivity contribution is -0.113. The zero-order chi connectivity index (χ0) is 21.3. The van der Waals surface area contributed by atoms with E-state index in [9.17, 15) is 18.4 Å². The molecule has 4 aromatic rings. The summed E-state index contributed by atoms with van der Waals surface area (Å²) in [7, 11) is 0. The summed E-state index contributed by atoms with van der Waals surface area (Å²) in [5.74, 6) is -1.03. The molecule has 0 atom stereocenters. The molecule has 0 aliphatic heterocycles. The number of Topliss-reactive ketones (excluding diaryl/α,β-unsaturated/α-hetero) is 1. The third kappa shape index (κ3) is 4.12. The van der Waals surface area contributed by atoms with E-state index in [-0.39, 0.29) is 33.7 Å². The first-order valence-corrected chi connectivity index (χ1v) is 10.7. The number of benzene rings is 2. The predicted octanol–water partition coefficient (Wildman–Crippen LogP) is 5.27. The fourth-order valence-corrected chi connectivity index (χ4v) is 4.30. The molecule has 152 valence electrons. The van der Waals surface area contributed by atoms with E-state index in [1.165, 1.54) is 48.6 Å². The average Bonchev–Trinajstić information content (AvgIpc) is 3.30. The summed E-state index contributed by atoms with van der Waals surface area (Å²) in [4.78, 5) is 29.4. The van der Waals surface area contributed by atoms with Crippen LogP contribution in [0.2, 0.25) is 0 Å². The van der Waals surface area contributed by atoms with Gasteiger partial charge in [-0.2, -0.15) is 0 Å². The van der Waals surface area contributed by atoms with Crippen LogP contribution in [0.1, 0.15) is 17.3 Å². The van der Waals surface area contributed by atoms with Crippen molar-refractivity contribution in [3.63, 3.8) is 0 Å². The minimum Gasteiger partial charge on any atom is -0.309 e. The lowest BCUT2D eigenvalue weighted by Crippen LogP contribution is -2.16. The number of carbonyl (C=O) groups is 2. The summed E-state index contributed by atoms with van der Waals surface area (Å²) < 4.78 is 29.2. The second-order valence-corrected chi connectivity index (χ2v) is 8.30. The van der Waals surface area contributed by atoms with Crippen LogP contribution in [0, 0.1) is 11.6 Å². The van der Waals surface area contributed by atoms with E-state index < -0.39 is 5.82 Å². The maximum atomic E-state index is 14.2. The summed E-state index contributed by atoms with van der Waals surface area (Å²) >= 11 is 2.44. The van der Waals surface area contributed by atoms with Crippen LogP contribution < -0.4 is 5.32 Å². The number of thiazole rings is 1. The number of carbonyl (C=O) groups excluding carboxylic acids is 2. The highest BCUT2D eigenvalue weighted by Crippen LogP contribution is 2.31. The van der Waals surface area contributed by atoms with Gasteiger partial charge in [-0.25, -0.2) is 13.8 Å². The molecule has 0 fully saturated rings. The van der Waals surface area contributed by atoms with Gasteiger partial charge in [0.1, 0.15) is 23.1 Å². The van der Waals surface area contributed by atoms with Crippen molar-refractivity contribution in [3.8, 4) is 11.3 Å². The third-order valence-electron chi connectivity index (χ3n) is 4.33. The molecular formula is C21H15F2N3O2S2. The van der Waals surface area contributed by atoms with Crippen molar-refractivity contribution in [1.29, 1.82) is 0 Å². The van der Waals surface area contributed by atoms with Crippen LogP contribution in [0.5, 0.6) is 0 Å². The summed E-state index contributed by atoms with van der Waals surface area (Å²) in [5.41, 5.74) is 1.47. The Labute approximate surface area is 178 Å². The van der Waals surface area contributed by atoms with Gasteiger partial charge in [0.15, 0.2) is 10.7 Å². The SMILES string of the molecule is CC(=O)c1ccc(SCC(=O)Nc2c(-c3ccc(F)cc3)nc3sccn23)c(F)c1. The van der Waals surface area contributed by atoms with Gasteiger partial charge in [-0.3, -0.25) is 14.0 Å². The monoisotopic (exact) mass is 443 g/mol. The zero-order valence-electron chi connectivity index (χ0n) is 15.7. The molecule has 30 heavy (non-hydrogen) atoms. The first-order valence-electron chi connectivity index (χ1n) is 8.87. The predicted molar refractivity (Wildman–Crippen MR) is 114 cm³/mol. The van der Waals surface area contributed by atoms with E-state index >= 15 is 0 Å². The largest absolute Gasteiger partial charge is 0.309 e. The van der Waals surface area contributed by atoms with Crippen LogP contribution >= 0.6 is 23.1 Å². The average molecular weight is 444 g/mol. The summed E-state index contributed by atoms with van der Waals surface area (Å²) in [6, 6.07) is 10.0. The van der Waals surface area contributed by atoms with Crippen LogP contribution in [0.3, 0.4) is 0 Å². The Kier molecular flexibility index (Phi) is 5.65. The second kappa shape index (κ2) is 8.37. The quantitative estimate of drug-likeness (QED) is 0.326. The molecule has 0 unspecified atom stereocenters. The Bertz CT molecular complexity index is 1250. The minimum atomic E-state index is -0.544. The first-order chi connectivity index (χ1) is 14.4. The number of hydrogen-bond donors (Lipinski definition) is 1. The van der Waals surface area contributed by atoms with E-state index in [0.29, 0.717) is 22.0 Å². The highest BCUT2D eigenvalue weighted by Gasteiger charge is 2.18. The molecule has 2 aromatic carbocycles. The molecule has 0 aliphatic rings. The molecule has 0 radical (unpaired) electrons. The molecule has 1 N–H and O–H groups in total. The molecule has 0 saturated carbocycles. The molecule has 4 rings (SSSR count). The third-order valence-corrected chi connectivity index (χ3v) is 6.14. The van der Waals surface area contributed by atoms with Crippen molar-refractivity contribution in [3.05, 3.63) is 71.2 Å². The maximum absolute atomic E-state index is 14.2. The van der Waals surface area contributed by atoms with Crippen molar-refractivity contribution < 1.29 is 18.4 Å². The molecule has 2 aromatic heterocycles. The lowest BCUT2D eigenvalue weighted by Gasteiger charge is -2.08. The van der Waals surface area contributed by atoms with Crippen molar-refractivity contribution in [2.45, 2.75) is 11.8 Å². The highest BCUT2D eigenvalue weighted by molar-refractivity contribution is 8.00. The van der Waals surface area contributed by atoms with E-state index in [1.54, 1.807) is 22.7 Å². The summed E-state index contributed by atoms with van der Waals surface area (Å²) in [6.07, 6.45) is 1.78. The standard InChI is InChI=1S/C21H15F2N3O2S2/c1-12(27)14-4-7-17(16(23)10-14)30-11-18(28)24-20-19(13-2-5-15(22)6-3-13)25-21-26(20)8-9-29-21/h2-10H,11H2,1H3,(H,24,28). The molecule has 0 bridgehead atoms. The first kappa shape index (κ1) is 20.2. The second-order valence-electron chi connectivity index (χ2n) is 6.41. The Morgan fingerprint density at radius 2 is 1.93 bits per heavy atom. The summed E-state index contributed by atoms with van der Waals surface area (Å²) in [6.45, 7) is 1.37. The molecule has 0 saturated heterocycles. The molecule has 5 nitrogen and oxygen atoms in total. The topological polar surface area (TPSA) is 63.5 Å². The Morgan fingerprint density at radius 1 is 1.17 bits per heavy atom. The van der Waals surface area contributed by atoms with E-state index in [2.05, 4.69) is 10.3 Å². The van der Waals surface area contributed by atoms with Crippen molar-refractivity contribution in [2.75, 3.05) is 11.1 Å². The zero-order valence-corrected chi connectivity index (χ0v) is 17.3. The van der Waals surface area contributed by atoms with Crippen LogP contribution in [0.25, 0.3) is 16.2 Å². The molecule has 2 heterocycles. The molecule has 0 spiro atoms. The number of anilines is 1. The van der Waals surface area contributed by atoms with E-state index in [0.717, 1.165) is 11.8 Å². The number of aromatic nitrogens is 2. The number of rotatable bonds is 6. The van der Waals surface area contributed by atoms with Crippen LogP contribution in [-0.2, 0) is 4.79 Å². The smallest absolute Gasteiger partial charge is 0.235 e. The van der Waals surface area contributed by atoms with Gasteiger partial charge in [-0.15, -0.1) is 23.1 Å².